The summed E-state index contributed by atoms with van der Waals surface area (Å²) in [7, 11) is -7.31. The molecule has 1 heterocycles. The van der Waals surface area contributed by atoms with Crippen molar-refractivity contribution in [1.29, 1.82) is 0 Å². The number of pyridine rings is 1. The summed E-state index contributed by atoms with van der Waals surface area (Å²) in [5.74, 6) is 0.174. The molecule has 6 nitrogen and oxygen atoms in total. The number of rotatable bonds is 8. The van der Waals surface area contributed by atoms with Crippen LogP contribution in [0.2, 0.25) is 0 Å². The summed E-state index contributed by atoms with van der Waals surface area (Å²) in [5.41, 5.74) is 1.48. The van der Waals surface area contributed by atoms with E-state index in [-0.39, 0.29) is 23.1 Å². The van der Waals surface area contributed by atoms with E-state index >= 15 is 0 Å². The lowest BCUT2D eigenvalue weighted by molar-refractivity contribution is 0.569. The van der Waals surface area contributed by atoms with Crippen LogP contribution in [0.4, 0.5) is 0 Å². The fourth-order valence-electron chi connectivity index (χ4n) is 2.48. The van der Waals surface area contributed by atoms with Crippen LogP contribution < -0.4 is 4.72 Å². The fraction of sp³-hybridized carbons (Fsp3) is 0.389. The Kier molecular flexibility index (Phi) is 6.54. The average molecular weight is 397 g/mol. The first kappa shape index (κ1) is 20.5. The zero-order valence-corrected chi connectivity index (χ0v) is 16.7. The lowest BCUT2D eigenvalue weighted by Crippen LogP contribution is -2.33. The maximum atomic E-state index is 13.2. The standard InChI is InChI=1S/C18H24N2O4S2/c1-4-25(21,22)20-13-18(16-6-5-11-19-12-16)26(23,24)17-9-7-15(8-10-17)14(2)3/h5-12,14,18,20H,4,13H2,1-3H3. The van der Waals surface area contributed by atoms with E-state index in [0.717, 1.165) is 5.56 Å². The fourth-order valence-corrected chi connectivity index (χ4v) is 4.86. The third-order valence-corrected chi connectivity index (χ3v) is 7.66. The molecule has 142 valence electrons. The van der Waals surface area contributed by atoms with Gasteiger partial charge in [-0.25, -0.2) is 21.6 Å². The van der Waals surface area contributed by atoms with Crippen LogP contribution in [-0.2, 0) is 19.9 Å². The monoisotopic (exact) mass is 396 g/mol. The van der Waals surface area contributed by atoms with Crippen LogP contribution in [0.3, 0.4) is 0 Å². The minimum Gasteiger partial charge on any atom is -0.264 e. The summed E-state index contributed by atoms with van der Waals surface area (Å²) < 4.78 is 52.3. The Morgan fingerprint density at radius 1 is 1.00 bits per heavy atom. The average Bonchev–Trinajstić information content (AvgIpc) is 2.62. The van der Waals surface area contributed by atoms with E-state index in [0.29, 0.717) is 5.56 Å². The molecule has 26 heavy (non-hydrogen) atoms. The molecule has 1 N–H and O–H groups in total. The molecular weight excluding hydrogens is 372 g/mol. The van der Waals surface area contributed by atoms with Crippen LogP contribution >= 0.6 is 0 Å². The molecule has 0 saturated heterocycles. The molecule has 0 bridgehead atoms. The number of sulfonamides is 1. The Labute approximate surface area is 155 Å². The number of hydrogen-bond donors (Lipinski definition) is 1. The molecule has 0 spiro atoms. The molecule has 0 amide bonds. The van der Waals surface area contributed by atoms with Crippen LogP contribution in [0.1, 0.15) is 43.1 Å². The SMILES string of the molecule is CCS(=O)(=O)NCC(c1cccnc1)S(=O)(=O)c1ccc(C(C)C)cc1. The Hall–Kier alpha value is -1.77. The molecule has 0 radical (unpaired) electrons. The van der Waals surface area contributed by atoms with Gasteiger partial charge in [0.1, 0.15) is 5.25 Å². The molecule has 0 aliphatic heterocycles. The first-order chi connectivity index (χ1) is 12.2. The summed E-state index contributed by atoms with van der Waals surface area (Å²) in [4.78, 5) is 4.13. The molecule has 0 aliphatic carbocycles. The molecule has 1 aromatic carbocycles. The van der Waals surface area contributed by atoms with Gasteiger partial charge in [0, 0.05) is 18.9 Å². The summed E-state index contributed by atoms with van der Waals surface area (Å²) in [5, 5.41) is -1.05. The number of sulfone groups is 1. The largest absolute Gasteiger partial charge is 0.264 e. The van der Waals surface area contributed by atoms with Gasteiger partial charge in [-0.2, -0.15) is 0 Å². The molecule has 1 unspecified atom stereocenters. The minimum absolute atomic E-state index is 0.115. The van der Waals surface area contributed by atoms with Gasteiger partial charge in [-0.05, 0) is 42.2 Å². The maximum absolute atomic E-state index is 13.2. The van der Waals surface area contributed by atoms with Gasteiger partial charge in [-0.3, -0.25) is 4.98 Å². The number of nitrogens with one attached hydrogen (secondary N) is 1. The second kappa shape index (κ2) is 8.28. The molecular formula is C18H24N2O4S2. The van der Waals surface area contributed by atoms with Crippen molar-refractivity contribution >= 4 is 19.9 Å². The second-order valence-corrected chi connectivity index (χ2v) is 10.5. The van der Waals surface area contributed by atoms with Gasteiger partial charge in [0.05, 0.1) is 10.6 Å². The van der Waals surface area contributed by atoms with Gasteiger partial charge >= 0.3 is 0 Å². The van der Waals surface area contributed by atoms with Crippen molar-refractivity contribution in [1.82, 2.24) is 9.71 Å². The Bertz CT molecular complexity index is 923. The highest BCUT2D eigenvalue weighted by molar-refractivity contribution is 7.92. The van der Waals surface area contributed by atoms with Crippen molar-refractivity contribution in [2.45, 2.75) is 36.8 Å². The molecule has 0 saturated carbocycles. The first-order valence-electron chi connectivity index (χ1n) is 8.38. The lowest BCUT2D eigenvalue weighted by Gasteiger charge is -2.19. The minimum atomic E-state index is -3.79. The zero-order chi connectivity index (χ0) is 19.4. The van der Waals surface area contributed by atoms with Crippen molar-refractivity contribution in [2.24, 2.45) is 0 Å². The topological polar surface area (TPSA) is 93.2 Å². The quantitative estimate of drug-likeness (QED) is 0.740. The van der Waals surface area contributed by atoms with Crippen molar-refractivity contribution in [3.63, 3.8) is 0 Å². The summed E-state index contributed by atoms with van der Waals surface area (Å²) in [6, 6.07) is 9.98. The van der Waals surface area contributed by atoms with E-state index in [1.165, 1.54) is 13.1 Å². The summed E-state index contributed by atoms with van der Waals surface area (Å²) >= 11 is 0. The third kappa shape index (κ3) is 4.90. The Morgan fingerprint density at radius 2 is 1.65 bits per heavy atom. The number of nitrogens with zero attached hydrogens (tertiary/aromatic N) is 1. The van der Waals surface area contributed by atoms with Gasteiger partial charge in [0.15, 0.2) is 9.84 Å². The van der Waals surface area contributed by atoms with Crippen LogP contribution in [0, 0.1) is 0 Å². The first-order valence-corrected chi connectivity index (χ1v) is 11.6. The zero-order valence-electron chi connectivity index (χ0n) is 15.1. The Balaban J connectivity index is 2.42. The van der Waals surface area contributed by atoms with Gasteiger partial charge in [-0.1, -0.05) is 32.0 Å². The van der Waals surface area contributed by atoms with E-state index < -0.39 is 25.1 Å². The summed E-state index contributed by atoms with van der Waals surface area (Å²) in [6.07, 6.45) is 2.99. The molecule has 0 fully saturated rings. The maximum Gasteiger partial charge on any atom is 0.211 e. The van der Waals surface area contributed by atoms with Crippen LogP contribution in [0.5, 0.6) is 0 Å². The predicted octanol–water partition coefficient (Wildman–Crippen LogP) is 2.66. The highest BCUT2D eigenvalue weighted by Crippen LogP contribution is 2.29. The molecule has 2 aromatic rings. The van der Waals surface area contributed by atoms with E-state index in [1.807, 2.05) is 13.8 Å². The highest BCUT2D eigenvalue weighted by Gasteiger charge is 2.30. The van der Waals surface area contributed by atoms with Crippen molar-refractivity contribution in [3.05, 3.63) is 59.9 Å². The number of hydrogen-bond acceptors (Lipinski definition) is 5. The van der Waals surface area contributed by atoms with E-state index in [9.17, 15) is 16.8 Å². The van der Waals surface area contributed by atoms with Crippen LogP contribution in [0.25, 0.3) is 0 Å². The molecule has 1 aromatic heterocycles. The van der Waals surface area contributed by atoms with Gasteiger partial charge in [0.25, 0.3) is 0 Å². The van der Waals surface area contributed by atoms with Crippen molar-refractivity contribution in [2.75, 3.05) is 12.3 Å². The van der Waals surface area contributed by atoms with Crippen LogP contribution in [0.15, 0.2) is 53.7 Å². The van der Waals surface area contributed by atoms with Gasteiger partial charge < -0.3 is 0 Å². The third-order valence-electron chi connectivity index (χ3n) is 4.17. The molecule has 1 atom stereocenters. The van der Waals surface area contributed by atoms with Crippen LogP contribution in [-0.4, -0.2) is 34.1 Å². The summed E-state index contributed by atoms with van der Waals surface area (Å²) in [6.45, 7) is 5.32. The molecule has 2 rings (SSSR count). The number of benzene rings is 1. The van der Waals surface area contributed by atoms with Gasteiger partial charge in [0.2, 0.25) is 10.0 Å². The lowest BCUT2D eigenvalue weighted by atomic mass is 10.0. The van der Waals surface area contributed by atoms with E-state index in [1.54, 1.807) is 42.6 Å². The smallest absolute Gasteiger partial charge is 0.211 e. The predicted molar refractivity (Wildman–Crippen MR) is 102 cm³/mol. The van der Waals surface area contributed by atoms with Crippen molar-refractivity contribution < 1.29 is 16.8 Å². The normalized spacial score (nSPS) is 13.7. The highest BCUT2D eigenvalue weighted by atomic mass is 32.2. The van der Waals surface area contributed by atoms with E-state index in [4.69, 9.17) is 0 Å². The Morgan fingerprint density at radius 3 is 2.15 bits per heavy atom. The second-order valence-electron chi connectivity index (χ2n) is 6.30. The number of aromatic nitrogens is 1. The van der Waals surface area contributed by atoms with E-state index in [2.05, 4.69) is 9.71 Å². The van der Waals surface area contributed by atoms with Gasteiger partial charge in [-0.15, -0.1) is 0 Å². The van der Waals surface area contributed by atoms with Crippen molar-refractivity contribution in [3.8, 4) is 0 Å². The molecule has 8 heteroatoms. The molecule has 0 aliphatic rings.